The molecule has 6 nitrogen and oxygen atoms in total. The number of amides is 1. The van der Waals surface area contributed by atoms with Crippen molar-refractivity contribution in [1.82, 2.24) is 20.4 Å². The summed E-state index contributed by atoms with van der Waals surface area (Å²) in [7, 11) is 1.74. The molecule has 0 unspecified atom stereocenters. The first-order valence-corrected chi connectivity index (χ1v) is 5.00. The molecule has 2 rings (SSSR count). The van der Waals surface area contributed by atoms with Crippen LogP contribution in [0.25, 0.3) is 0 Å². The van der Waals surface area contributed by atoms with E-state index in [1.165, 1.54) is 0 Å². The lowest BCUT2D eigenvalue weighted by atomic mass is 10.2. The first kappa shape index (κ1) is 10.1. The molecule has 0 atom stereocenters. The fourth-order valence-electron chi connectivity index (χ4n) is 1.50. The zero-order valence-corrected chi connectivity index (χ0v) is 8.66. The Morgan fingerprint density at radius 2 is 2.53 bits per heavy atom. The second kappa shape index (κ2) is 4.41. The Kier molecular flexibility index (Phi) is 2.98. The summed E-state index contributed by atoms with van der Waals surface area (Å²) in [5, 5.41) is 13.0. The van der Waals surface area contributed by atoms with Crippen molar-refractivity contribution in [2.45, 2.75) is 6.04 Å². The van der Waals surface area contributed by atoms with E-state index in [1.807, 2.05) is 10.7 Å². The third-order valence-corrected chi connectivity index (χ3v) is 2.38. The molecule has 1 fully saturated rings. The number of nitrogens with zero attached hydrogens (tertiary/aromatic N) is 2. The number of aromatic nitrogens is 2. The third kappa shape index (κ3) is 2.16. The van der Waals surface area contributed by atoms with Gasteiger partial charge in [-0.25, -0.2) is 4.68 Å². The van der Waals surface area contributed by atoms with Crippen molar-refractivity contribution in [3.8, 4) is 0 Å². The van der Waals surface area contributed by atoms with E-state index < -0.39 is 0 Å². The Morgan fingerprint density at radius 1 is 1.73 bits per heavy atom. The molecule has 1 amide bonds. The van der Waals surface area contributed by atoms with E-state index in [-0.39, 0.29) is 5.91 Å². The van der Waals surface area contributed by atoms with Crippen molar-refractivity contribution < 1.29 is 4.79 Å². The zero-order chi connectivity index (χ0) is 10.7. The second-order valence-electron chi connectivity index (χ2n) is 3.55. The van der Waals surface area contributed by atoms with Crippen LogP contribution in [0.1, 0.15) is 6.04 Å². The molecule has 82 valence electrons. The maximum atomic E-state index is 11.4. The van der Waals surface area contributed by atoms with Gasteiger partial charge in [0, 0.05) is 19.2 Å². The van der Waals surface area contributed by atoms with Crippen molar-refractivity contribution in [2.24, 2.45) is 0 Å². The molecule has 0 aromatic carbocycles. The number of hydrogen-bond donors (Lipinski definition) is 3. The highest BCUT2D eigenvalue weighted by Gasteiger charge is 2.21. The number of anilines is 1. The highest BCUT2D eigenvalue weighted by Crippen LogP contribution is 2.16. The Hall–Kier alpha value is -1.40. The van der Waals surface area contributed by atoms with E-state index in [9.17, 15) is 4.79 Å². The van der Waals surface area contributed by atoms with Crippen molar-refractivity contribution in [2.75, 3.05) is 32.0 Å². The lowest BCUT2D eigenvalue weighted by molar-refractivity contribution is -0.115. The van der Waals surface area contributed by atoms with Gasteiger partial charge in [-0.2, -0.15) is 5.10 Å². The van der Waals surface area contributed by atoms with Gasteiger partial charge >= 0.3 is 0 Å². The summed E-state index contributed by atoms with van der Waals surface area (Å²) in [6, 6.07) is 2.18. The van der Waals surface area contributed by atoms with Crippen LogP contribution in [0, 0.1) is 0 Å². The molecule has 1 aromatic rings. The van der Waals surface area contributed by atoms with E-state index in [1.54, 1.807) is 13.2 Å². The van der Waals surface area contributed by atoms with Gasteiger partial charge in [0.1, 0.15) is 5.82 Å². The second-order valence-corrected chi connectivity index (χ2v) is 3.55. The number of rotatable bonds is 4. The van der Waals surface area contributed by atoms with Gasteiger partial charge in [-0.1, -0.05) is 0 Å². The quantitative estimate of drug-likeness (QED) is 0.606. The fourth-order valence-corrected chi connectivity index (χ4v) is 1.50. The summed E-state index contributed by atoms with van der Waals surface area (Å²) in [6.07, 6.45) is 1.70. The first-order valence-electron chi connectivity index (χ1n) is 5.00. The molecule has 0 saturated carbocycles. The van der Waals surface area contributed by atoms with Crippen LogP contribution in [0.15, 0.2) is 12.3 Å². The zero-order valence-electron chi connectivity index (χ0n) is 8.66. The van der Waals surface area contributed by atoms with Crippen LogP contribution < -0.4 is 16.0 Å². The largest absolute Gasteiger partial charge is 0.312 e. The Balaban J connectivity index is 2.01. The van der Waals surface area contributed by atoms with Crippen molar-refractivity contribution in [3.05, 3.63) is 12.3 Å². The smallest absolute Gasteiger partial charge is 0.239 e. The van der Waals surface area contributed by atoms with Crippen LogP contribution in [0.3, 0.4) is 0 Å². The minimum absolute atomic E-state index is 0.0495. The number of nitrogens with one attached hydrogen (secondary N) is 3. The van der Waals surface area contributed by atoms with Crippen LogP contribution in [0.4, 0.5) is 5.82 Å². The van der Waals surface area contributed by atoms with Gasteiger partial charge in [0.15, 0.2) is 0 Å². The highest BCUT2D eigenvalue weighted by molar-refractivity contribution is 5.91. The number of carbonyl (C=O) groups excluding carboxylic acids is 1. The minimum Gasteiger partial charge on any atom is -0.312 e. The number of carbonyl (C=O) groups is 1. The van der Waals surface area contributed by atoms with Gasteiger partial charge in [0.25, 0.3) is 0 Å². The lowest BCUT2D eigenvalue weighted by Gasteiger charge is -2.28. The highest BCUT2D eigenvalue weighted by atomic mass is 16.2. The monoisotopic (exact) mass is 209 g/mol. The standard InChI is InChI=1S/C9H15N5O/c1-10-6-9(15)13-8-2-3-12-14(8)7-4-11-5-7/h2-3,7,10-11H,4-6H2,1H3,(H,13,15). The van der Waals surface area contributed by atoms with E-state index in [0.717, 1.165) is 18.9 Å². The SMILES string of the molecule is CNCC(=O)Nc1ccnn1C1CNC1. The number of likely N-dealkylation sites (N-methyl/N-ethyl adjacent to an activating group) is 1. The summed E-state index contributed by atoms with van der Waals surface area (Å²) < 4.78 is 1.85. The van der Waals surface area contributed by atoms with Crippen LogP contribution in [0.5, 0.6) is 0 Å². The molecule has 1 aliphatic rings. The third-order valence-electron chi connectivity index (χ3n) is 2.38. The van der Waals surface area contributed by atoms with Gasteiger partial charge in [-0.3, -0.25) is 4.79 Å². The molecular weight excluding hydrogens is 194 g/mol. The molecule has 0 aliphatic carbocycles. The van der Waals surface area contributed by atoms with E-state index in [4.69, 9.17) is 0 Å². The maximum Gasteiger partial charge on any atom is 0.239 e. The molecule has 0 spiro atoms. The van der Waals surface area contributed by atoms with Gasteiger partial charge in [-0.05, 0) is 7.05 Å². The molecule has 1 saturated heterocycles. The predicted molar refractivity (Wildman–Crippen MR) is 56.7 cm³/mol. The molecule has 15 heavy (non-hydrogen) atoms. The summed E-state index contributed by atoms with van der Waals surface area (Å²) in [5.74, 6) is 0.716. The average Bonchev–Trinajstić information content (AvgIpc) is 2.51. The first-order chi connectivity index (χ1) is 7.31. The van der Waals surface area contributed by atoms with E-state index in [2.05, 4.69) is 21.0 Å². The van der Waals surface area contributed by atoms with Gasteiger partial charge in [-0.15, -0.1) is 0 Å². The summed E-state index contributed by atoms with van der Waals surface area (Å²) >= 11 is 0. The Labute approximate surface area is 88.0 Å². The molecule has 0 radical (unpaired) electrons. The maximum absolute atomic E-state index is 11.4. The Morgan fingerprint density at radius 3 is 3.13 bits per heavy atom. The molecule has 2 heterocycles. The average molecular weight is 209 g/mol. The molecule has 3 N–H and O–H groups in total. The van der Waals surface area contributed by atoms with Crippen molar-refractivity contribution >= 4 is 11.7 Å². The van der Waals surface area contributed by atoms with Gasteiger partial charge < -0.3 is 16.0 Å². The fraction of sp³-hybridized carbons (Fsp3) is 0.556. The summed E-state index contributed by atoms with van der Waals surface area (Å²) in [6.45, 7) is 2.14. The molecule has 0 bridgehead atoms. The van der Waals surface area contributed by atoms with Gasteiger partial charge in [0.2, 0.25) is 5.91 Å². The van der Waals surface area contributed by atoms with Crippen LogP contribution >= 0.6 is 0 Å². The topological polar surface area (TPSA) is 71.0 Å². The van der Waals surface area contributed by atoms with Gasteiger partial charge in [0.05, 0.1) is 18.8 Å². The minimum atomic E-state index is -0.0495. The number of hydrogen-bond acceptors (Lipinski definition) is 4. The van der Waals surface area contributed by atoms with E-state index >= 15 is 0 Å². The molecule has 6 heteroatoms. The van der Waals surface area contributed by atoms with Crippen LogP contribution in [0.2, 0.25) is 0 Å². The van der Waals surface area contributed by atoms with Crippen LogP contribution in [-0.2, 0) is 4.79 Å². The predicted octanol–water partition coefficient (Wildman–Crippen LogP) is -0.815. The summed E-state index contributed by atoms with van der Waals surface area (Å²) in [5.41, 5.74) is 0. The van der Waals surface area contributed by atoms with Crippen molar-refractivity contribution in [1.29, 1.82) is 0 Å². The Bertz CT molecular complexity index is 344. The lowest BCUT2D eigenvalue weighted by Crippen LogP contribution is -2.44. The molecule has 1 aromatic heterocycles. The molecular formula is C9H15N5O. The molecule has 1 aliphatic heterocycles. The van der Waals surface area contributed by atoms with Crippen molar-refractivity contribution in [3.63, 3.8) is 0 Å². The summed E-state index contributed by atoms with van der Waals surface area (Å²) in [4.78, 5) is 11.4. The normalized spacial score (nSPS) is 16.1. The van der Waals surface area contributed by atoms with E-state index in [0.29, 0.717) is 12.6 Å². The van der Waals surface area contributed by atoms with Crippen LogP contribution in [-0.4, -0.2) is 42.4 Å².